The van der Waals surface area contributed by atoms with E-state index in [0.717, 1.165) is 0 Å². The van der Waals surface area contributed by atoms with Crippen LogP contribution in [-0.2, 0) is 14.2 Å². The van der Waals surface area contributed by atoms with Crippen molar-refractivity contribution in [1.29, 1.82) is 0 Å². The number of rotatable bonds is 11. The van der Waals surface area contributed by atoms with Crippen LogP contribution in [0.15, 0.2) is 0 Å². The molecule has 0 aliphatic carbocycles. The lowest BCUT2D eigenvalue weighted by molar-refractivity contribution is -0.0673. The molecule has 0 aliphatic heterocycles. The van der Waals surface area contributed by atoms with E-state index in [-0.39, 0.29) is 33.0 Å². The summed E-state index contributed by atoms with van der Waals surface area (Å²) < 4.78 is 26.8. The standard InChI is InChI=1S/C10H21FO5/c1-9(11)16-6-5-15-8-10(13)7-14-4-2-3-12/h9-10,12-13H,2-8H2,1H3. The van der Waals surface area contributed by atoms with E-state index in [2.05, 4.69) is 4.74 Å². The van der Waals surface area contributed by atoms with Gasteiger partial charge in [-0.2, -0.15) is 0 Å². The van der Waals surface area contributed by atoms with Crippen LogP contribution in [0.2, 0.25) is 0 Å². The van der Waals surface area contributed by atoms with E-state index in [9.17, 15) is 9.50 Å². The summed E-state index contributed by atoms with van der Waals surface area (Å²) in [5.74, 6) is 0. The lowest BCUT2D eigenvalue weighted by Crippen LogP contribution is -2.23. The lowest BCUT2D eigenvalue weighted by Gasteiger charge is -2.12. The Morgan fingerprint density at radius 2 is 1.75 bits per heavy atom. The van der Waals surface area contributed by atoms with Gasteiger partial charge in [-0.1, -0.05) is 0 Å². The van der Waals surface area contributed by atoms with Gasteiger partial charge in [0.05, 0.1) is 26.4 Å². The quantitative estimate of drug-likeness (QED) is 0.501. The molecule has 0 saturated heterocycles. The molecule has 6 heteroatoms. The first-order chi connectivity index (χ1) is 7.66. The summed E-state index contributed by atoms with van der Waals surface area (Å²) in [6, 6.07) is 0. The molecule has 0 aromatic rings. The van der Waals surface area contributed by atoms with Crippen LogP contribution in [0.3, 0.4) is 0 Å². The minimum Gasteiger partial charge on any atom is -0.396 e. The van der Waals surface area contributed by atoms with Crippen molar-refractivity contribution >= 4 is 0 Å². The van der Waals surface area contributed by atoms with Gasteiger partial charge in [-0.05, 0) is 13.3 Å². The van der Waals surface area contributed by atoms with E-state index in [1.165, 1.54) is 6.92 Å². The first kappa shape index (κ1) is 15.7. The van der Waals surface area contributed by atoms with Crippen molar-refractivity contribution in [3.8, 4) is 0 Å². The van der Waals surface area contributed by atoms with Gasteiger partial charge in [0.1, 0.15) is 6.10 Å². The second kappa shape index (κ2) is 11.2. The molecule has 0 aromatic carbocycles. The van der Waals surface area contributed by atoms with E-state index < -0.39 is 12.5 Å². The molecule has 16 heavy (non-hydrogen) atoms. The lowest BCUT2D eigenvalue weighted by atomic mass is 10.4. The SMILES string of the molecule is CC(F)OCCOCC(O)COCCCO. The third-order valence-electron chi connectivity index (χ3n) is 1.64. The molecule has 0 aliphatic rings. The summed E-state index contributed by atoms with van der Waals surface area (Å²) in [6.45, 7) is 2.48. The monoisotopic (exact) mass is 240 g/mol. The average molecular weight is 240 g/mol. The van der Waals surface area contributed by atoms with Crippen LogP contribution < -0.4 is 0 Å². The molecule has 2 atom stereocenters. The van der Waals surface area contributed by atoms with Crippen molar-refractivity contribution in [2.75, 3.05) is 39.6 Å². The van der Waals surface area contributed by atoms with Crippen LogP contribution >= 0.6 is 0 Å². The van der Waals surface area contributed by atoms with E-state index in [1.807, 2.05) is 0 Å². The third-order valence-corrected chi connectivity index (χ3v) is 1.64. The summed E-state index contributed by atoms with van der Waals surface area (Å²) >= 11 is 0. The smallest absolute Gasteiger partial charge is 0.195 e. The molecule has 0 saturated carbocycles. The highest BCUT2D eigenvalue weighted by Crippen LogP contribution is 1.92. The normalized spacial score (nSPS) is 15.0. The number of ether oxygens (including phenoxy) is 3. The zero-order valence-electron chi connectivity index (χ0n) is 9.60. The molecule has 0 heterocycles. The van der Waals surface area contributed by atoms with E-state index >= 15 is 0 Å². The summed E-state index contributed by atoms with van der Waals surface area (Å²) in [4.78, 5) is 0. The summed E-state index contributed by atoms with van der Waals surface area (Å²) in [5.41, 5.74) is 0. The fourth-order valence-electron chi connectivity index (χ4n) is 0.923. The Labute approximate surface area is 95.1 Å². The molecule has 0 rings (SSSR count). The zero-order chi connectivity index (χ0) is 12.2. The largest absolute Gasteiger partial charge is 0.396 e. The molecule has 0 aromatic heterocycles. The van der Waals surface area contributed by atoms with Crippen molar-refractivity contribution in [3.63, 3.8) is 0 Å². The Balaban J connectivity index is 3.14. The summed E-state index contributed by atoms with van der Waals surface area (Å²) in [7, 11) is 0. The maximum Gasteiger partial charge on any atom is 0.195 e. The fraction of sp³-hybridized carbons (Fsp3) is 1.00. The molecule has 0 radical (unpaired) electrons. The Hall–Kier alpha value is -0.270. The number of hydrogen-bond donors (Lipinski definition) is 2. The minimum absolute atomic E-state index is 0.0748. The van der Waals surface area contributed by atoms with E-state index in [4.69, 9.17) is 14.6 Å². The van der Waals surface area contributed by atoms with Crippen molar-refractivity contribution in [2.24, 2.45) is 0 Å². The van der Waals surface area contributed by atoms with Gasteiger partial charge in [-0.25, -0.2) is 4.39 Å². The molecule has 5 nitrogen and oxygen atoms in total. The molecule has 0 fully saturated rings. The average Bonchev–Trinajstić information content (AvgIpc) is 2.23. The van der Waals surface area contributed by atoms with Crippen LogP contribution in [0.25, 0.3) is 0 Å². The first-order valence-corrected chi connectivity index (χ1v) is 5.37. The van der Waals surface area contributed by atoms with Crippen molar-refractivity contribution < 1.29 is 28.8 Å². The molecule has 0 spiro atoms. The highest BCUT2D eigenvalue weighted by molar-refractivity contribution is 4.51. The topological polar surface area (TPSA) is 68.2 Å². The first-order valence-electron chi connectivity index (χ1n) is 5.37. The van der Waals surface area contributed by atoms with Gasteiger partial charge < -0.3 is 24.4 Å². The summed E-state index contributed by atoms with van der Waals surface area (Å²) in [5, 5.41) is 17.8. The highest BCUT2D eigenvalue weighted by Gasteiger charge is 2.04. The third kappa shape index (κ3) is 11.8. The van der Waals surface area contributed by atoms with Gasteiger partial charge in [0.15, 0.2) is 6.36 Å². The predicted octanol–water partition coefficient (Wildman–Crippen LogP) is 0.0950. The van der Waals surface area contributed by atoms with Gasteiger partial charge in [0.25, 0.3) is 0 Å². The number of aliphatic hydroxyl groups excluding tert-OH is 2. The molecule has 0 bridgehead atoms. The van der Waals surface area contributed by atoms with Gasteiger partial charge in [-0.15, -0.1) is 0 Å². The number of halogens is 1. The molecule has 2 N–H and O–H groups in total. The predicted molar refractivity (Wildman–Crippen MR) is 55.9 cm³/mol. The van der Waals surface area contributed by atoms with Crippen LogP contribution in [-0.4, -0.2) is 62.3 Å². The van der Waals surface area contributed by atoms with Crippen LogP contribution in [0.4, 0.5) is 4.39 Å². The highest BCUT2D eigenvalue weighted by atomic mass is 19.1. The Kier molecular flexibility index (Phi) is 11.0. The zero-order valence-corrected chi connectivity index (χ0v) is 9.60. The van der Waals surface area contributed by atoms with Gasteiger partial charge in [0.2, 0.25) is 0 Å². The van der Waals surface area contributed by atoms with Crippen LogP contribution in [0.1, 0.15) is 13.3 Å². The molecule has 0 amide bonds. The second-order valence-electron chi connectivity index (χ2n) is 3.29. The Bertz CT molecular complexity index is 145. The molecule has 98 valence electrons. The Morgan fingerprint density at radius 1 is 1.12 bits per heavy atom. The van der Waals surface area contributed by atoms with Crippen molar-refractivity contribution in [1.82, 2.24) is 0 Å². The maximum absolute atomic E-state index is 12.2. The van der Waals surface area contributed by atoms with E-state index in [1.54, 1.807) is 0 Å². The van der Waals surface area contributed by atoms with Crippen LogP contribution in [0.5, 0.6) is 0 Å². The fourth-order valence-corrected chi connectivity index (χ4v) is 0.923. The second-order valence-corrected chi connectivity index (χ2v) is 3.29. The minimum atomic E-state index is -1.30. The van der Waals surface area contributed by atoms with Gasteiger partial charge in [-0.3, -0.25) is 0 Å². The van der Waals surface area contributed by atoms with Gasteiger partial charge >= 0.3 is 0 Å². The number of hydrogen-bond acceptors (Lipinski definition) is 5. The van der Waals surface area contributed by atoms with Crippen molar-refractivity contribution in [2.45, 2.75) is 25.8 Å². The molecular weight excluding hydrogens is 219 g/mol. The Morgan fingerprint density at radius 3 is 2.31 bits per heavy atom. The maximum atomic E-state index is 12.2. The number of alkyl halides is 1. The summed E-state index contributed by atoms with van der Waals surface area (Å²) in [6.07, 6.45) is -1.45. The van der Waals surface area contributed by atoms with Crippen molar-refractivity contribution in [3.05, 3.63) is 0 Å². The van der Waals surface area contributed by atoms with E-state index in [0.29, 0.717) is 13.0 Å². The number of aliphatic hydroxyl groups is 2. The van der Waals surface area contributed by atoms with Crippen LogP contribution in [0, 0.1) is 0 Å². The molecular formula is C10H21FO5. The van der Waals surface area contributed by atoms with Gasteiger partial charge in [0, 0.05) is 13.2 Å². The molecule has 2 unspecified atom stereocenters.